The molecule has 0 aliphatic carbocycles. The zero-order chi connectivity index (χ0) is 16.3. The number of carbonyl (C=O) groups excluding carboxylic acids is 3. The zero-order valence-corrected chi connectivity index (χ0v) is 12.8. The van der Waals surface area contributed by atoms with Gasteiger partial charge in [0.25, 0.3) is 0 Å². The average molecular weight is 301 g/mol. The van der Waals surface area contributed by atoms with E-state index in [9.17, 15) is 14.4 Å². The number of ether oxygens (including phenoxy) is 3. The maximum atomic E-state index is 11.6. The number of amides is 1. The molecule has 0 unspecified atom stereocenters. The van der Waals surface area contributed by atoms with Crippen molar-refractivity contribution in [3.63, 3.8) is 0 Å². The summed E-state index contributed by atoms with van der Waals surface area (Å²) >= 11 is 0. The molecular formula is C14H23NO6. The molecule has 0 aliphatic heterocycles. The molecule has 0 atom stereocenters. The summed E-state index contributed by atoms with van der Waals surface area (Å²) < 4.78 is 14.4. The van der Waals surface area contributed by atoms with Crippen LogP contribution in [0.5, 0.6) is 0 Å². The molecule has 0 saturated heterocycles. The van der Waals surface area contributed by atoms with E-state index in [-0.39, 0.29) is 32.3 Å². The van der Waals surface area contributed by atoms with Gasteiger partial charge in [-0.1, -0.05) is 13.5 Å². The van der Waals surface area contributed by atoms with Crippen molar-refractivity contribution in [3.05, 3.63) is 12.7 Å². The second kappa shape index (κ2) is 9.79. The highest BCUT2D eigenvalue weighted by Crippen LogP contribution is 2.21. The number of hydrogen-bond acceptors (Lipinski definition) is 6. The van der Waals surface area contributed by atoms with Gasteiger partial charge in [0.1, 0.15) is 19.8 Å². The Morgan fingerprint density at radius 2 is 1.71 bits per heavy atom. The molecule has 7 heteroatoms. The monoisotopic (exact) mass is 301 g/mol. The molecule has 0 aromatic carbocycles. The van der Waals surface area contributed by atoms with Crippen molar-refractivity contribution in [2.45, 2.75) is 27.2 Å². The fourth-order valence-electron chi connectivity index (χ4n) is 1.02. The summed E-state index contributed by atoms with van der Waals surface area (Å²) in [7, 11) is 0. The van der Waals surface area contributed by atoms with Crippen molar-refractivity contribution in [1.29, 1.82) is 0 Å². The standard InChI is InChI=1S/C14H23NO6/c1-5-11(16)19-9-10-21-13(18)15-7-8-20-12(17)14(3,4)6-2/h5H,1,6-10H2,2-4H3,(H,15,18). The summed E-state index contributed by atoms with van der Waals surface area (Å²) in [5.74, 6) is -0.888. The number of nitrogens with one attached hydrogen (secondary N) is 1. The maximum absolute atomic E-state index is 11.6. The molecule has 120 valence electrons. The van der Waals surface area contributed by atoms with Crippen LogP contribution in [0.25, 0.3) is 0 Å². The highest BCUT2D eigenvalue weighted by molar-refractivity contribution is 5.81. The van der Waals surface area contributed by atoms with Crippen LogP contribution in [0.4, 0.5) is 4.79 Å². The molecule has 0 heterocycles. The molecule has 21 heavy (non-hydrogen) atoms. The first kappa shape index (κ1) is 18.9. The summed E-state index contributed by atoms with van der Waals surface area (Å²) in [5.41, 5.74) is -0.532. The first-order valence-corrected chi connectivity index (χ1v) is 6.70. The smallest absolute Gasteiger partial charge is 0.407 e. The van der Waals surface area contributed by atoms with Gasteiger partial charge in [0.05, 0.1) is 12.0 Å². The number of rotatable bonds is 9. The third-order valence-electron chi connectivity index (χ3n) is 2.77. The maximum Gasteiger partial charge on any atom is 0.407 e. The van der Waals surface area contributed by atoms with Gasteiger partial charge in [0, 0.05) is 6.08 Å². The zero-order valence-electron chi connectivity index (χ0n) is 12.8. The topological polar surface area (TPSA) is 90.9 Å². The Bertz CT molecular complexity index is 378. The van der Waals surface area contributed by atoms with Crippen LogP contribution in [0.1, 0.15) is 27.2 Å². The van der Waals surface area contributed by atoms with Crippen molar-refractivity contribution in [1.82, 2.24) is 5.32 Å². The second-order valence-electron chi connectivity index (χ2n) is 4.81. The lowest BCUT2D eigenvalue weighted by atomic mass is 9.91. The van der Waals surface area contributed by atoms with E-state index in [1.807, 2.05) is 6.92 Å². The van der Waals surface area contributed by atoms with Crippen molar-refractivity contribution in [3.8, 4) is 0 Å². The van der Waals surface area contributed by atoms with Crippen LogP contribution >= 0.6 is 0 Å². The minimum absolute atomic E-state index is 0.0437. The fourth-order valence-corrected chi connectivity index (χ4v) is 1.02. The highest BCUT2D eigenvalue weighted by atomic mass is 16.6. The van der Waals surface area contributed by atoms with E-state index in [2.05, 4.69) is 16.6 Å². The Balaban J connectivity index is 3.65. The van der Waals surface area contributed by atoms with Crippen LogP contribution in [-0.2, 0) is 23.8 Å². The molecule has 0 aromatic rings. The summed E-state index contributed by atoms with van der Waals surface area (Å²) in [5, 5.41) is 2.41. The molecule has 1 amide bonds. The summed E-state index contributed by atoms with van der Waals surface area (Å²) in [6.45, 7) is 8.83. The van der Waals surface area contributed by atoms with Gasteiger partial charge in [0.2, 0.25) is 0 Å². The SMILES string of the molecule is C=CC(=O)OCCOC(=O)NCCOC(=O)C(C)(C)CC. The summed E-state index contributed by atoms with van der Waals surface area (Å²) in [6, 6.07) is 0. The van der Waals surface area contributed by atoms with E-state index in [0.29, 0.717) is 6.42 Å². The highest BCUT2D eigenvalue weighted by Gasteiger charge is 2.26. The molecule has 0 aromatic heterocycles. The molecule has 7 nitrogen and oxygen atoms in total. The Kier molecular flexibility index (Phi) is 8.84. The van der Waals surface area contributed by atoms with Gasteiger partial charge in [-0.3, -0.25) is 4.79 Å². The second-order valence-corrected chi connectivity index (χ2v) is 4.81. The van der Waals surface area contributed by atoms with Gasteiger partial charge in [-0.15, -0.1) is 0 Å². The van der Waals surface area contributed by atoms with Crippen molar-refractivity contribution >= 4 is 18.0 Å². The van der Waals surface area contributed by atoms with E-state index < -0.39 is 17.5 Å². The van der Waals surface area contributed by atoms with Crippen molar-refractivity contribution < 1.29 is 28.6 Å². The lowest BCUT2D eigenvalue weighted by Gasteiger charge is -2.20. The van der Waals surface area contributed by atoms with Gasteiger partial charge in [-0.25, -0.2) is 9.59 Å². The third kappa shape index (κ3) is 8.67. The Morgan fingerprint density at radius 3 is 2.29 bits per heavy atom. The van der Waals surface area contributed by atoms with E-state index in [0.717, 1.165) is 6.08 Å². The molecule has 0 spiro atoms. The van der Waals surface area contributed by atoms with E-state index >= 15 is 0 Å². The van der Waals surface area contributed by atoms with Gasteiger partial charge < -0.3 is 19.5 Å². The van der Waals surface area contributed by atoms with E-state index in [4.69, 9.17) is 9.47 Å². The average Bonchev–Trinajstić information content (AvgIpc) is 2.47. The normalized spacial score (nSPS) is 10.4. The van der Waals surface area contributed by atoms with Gasteiger partial charge >= 0.3 is 18.0 Å². The quantitative estimate of drug-likeness (QED) is 0.300. The number of hydrogen-bond donors (Lipinski definition) is 1. The molecule has 0 bridgehead atoms. The molecular weight excluding hydrogens is 278 g/mol. The van der Waals surface area contributed by atoms with Gasteiger partial charge in [0.15, 0.2) is 0 Å². The lowest BCUT2D eigenvalue weighted by Crippen LogP contribution is -2.32. The summed E-state index contributed by atoms with van der Waals surface area (Å²) in [6.07, 6.45) is 1.02. The molecule has 0 radical (unpaired) electrons. The number of carbonyl (C=O) groups is 3. The largest absolute Gasteiger partial charge is 0.463 e. The third-order valence-corrected chi connectivity index (χ3v) is 2.77. The van der Waals surface area contributed by atoms with Crippen LogP contribution in [0.2, 0.25) is 0 Å². The fraction of sp³-hybridized carbons (Fsp3) is 0.643. The Hall–Kier alpha value is -2.05. The van der Waals surface area contributed by atoms with Crippen LogP contribution < -0.4 is 5.32 Å². The molecule has 1 N–H and O–H groups in total. The molecule has 0 rings (SSSR count). The molecule has 0 saturated carbocycles. The predicted molar refractivity (Wildman–Crippen MR) is 75.5 cm³/mol. The van der Waals surface area contributed by atoms with E-state index in [1.54, 1.807) is 13.8 Å². The predicted octanol–water partition coefficient (Wildman–Crippen LogP) is 1.42. The Labute approximate surface area is 124 Å². The lowest BCUT2D eigenvalue weighted by molar-refractivity contribution is -0.153. The van der Waals surface area contributed by atoms with Crippen molar-refractivity contribution in [2.75, 3.05) is 26.4 Å². The number of esters is 2. The van der Waals surface area contributed by atoms with Crippen molar-refractivity contribution in [2.24, 2.45) is 5.41 Å². The van der Waals surface area contributed by atoms with Crippen LogP contribution in [0.3, 0.4) is 0 Å². The Morgan fingerprint density at radius 1 is 1.10 bits per heavy atom. The van der Waals surface area contributed by atoms with Crippen LogP contribution in [0, 0.1) is 5.41 Å². The first-order chi connectivity index (χ1) is 9.83. The van der Waals surface area contributed by atoms with Gasteiger partial charge in [-0.2, -0.15) is 0 Å². The number of alkyl carbamates (subject to hydrolysis) is 1. The minimum Gasteiger partial charge on any atom is -0.463 e. The van der Waals surface area contributed by atoms with Crippen LogP contribution in [0.15, 0.2) is 12.7 Å². The molecule has 0 fully saturated rings. The van der Waals surface area contributed by atoms with E-state index in [1.165, 1.54) is 0 Å². The summed E-state index contributed by atoms with van der Waals surface area (Å²) in [4.78, 5) is 33.5. The minimum atomic E-state index is -0.671. The van der Waals surface area contributed by atoms with Gasteiger partial charge in [-0.05, 0) is 20.3 Å². The van der Waals surface area contributed by atoms with Crippen LogP contribution in [-0.4, -0.2) is 44.4 Å². The molecule has 0 aliphatic rings. The first-order valence-electron chi connectivity index (χ1n) is 6.70.